The zero-order valence-electron chi connectivity index (χ0n) is 6.31. The van der Waals surface area contributed by atoms with E-state index in [1.165, 1.54) is 19.2 Å². The van der Waals surface area contributed by atoms with Gasteiger partial charge in [-0.3, -0.25) is 10.1 Å². The fourth-order valence-electron chi connectivity index (χ4n) is 0.809. The quantitative estimate of drug-likeness (QED) is 0.519. The van der Waals surface area contributed by atoms with Gasteiger partial charge in [-0.1, -0.05) is 6.07 Å². The van der Waals surface area contributed by atoms with Crippen molar-refractivity contribution in [2.75, 3.05) is 7.11 Å². The van der Waals surface area contributed by atoms with Crippen LogP contribution in [0.2, 0.25) is 5.02 Å². The largest absolute Gasteiger partial charge is 0.491 e. The Morgan fingerprint density at radius 3 is 2.75 bits per heavy atom. The van der Waals surface area contributed by atoms with Crippen molar-refractivity contribution in [2.45, 2.75) is 0 Å². The van der Waals surface area contributed by atoms with Gasteiger partial charge < -0.3 is 4.74 Å². The van der Waals surface area contributed by atoms with Gasteiger partial charge >= 0.3 is 10.7 Å². The second-order valence-corrected chi connectivity index (χ2v) is 2.47. The molecule has 0 aliphatic rings. The predicted octanol–water partition coefficient (Wildman–Crippen LogP) is 1.30. The molecule has 0 aromatic heterocycles. The van der Waals surface area contributed by atoms with Crippen LogP contribution in [-0.2, 0) is 0 Å². The molecule has 0 atom stereocenters. The molecule has 1 aromatic carbocycles. The standard InChI is InChI=1S/C7H7ClNO3/c1-12-6-4-2-3-5(7(6)8)9(10)11/h2-4,8H,1H3/q+1. The fourth-order valence-corrected chi connectivity index (χ4v) is 1.10. The van der Waals surface area contributed by atoms with Gasteiger partial charge in [-0.2, -0.15) is 0 Å². The third-order valence-electron chi connectivity index (χ3n) is 1.37. The normalized spacial score (nSPS) is 9.50. The summed E-state index contributed by atoms with van der Waals surface area (Å²) < 4.78 is 4.83. The van der Waals surface area contributed by atoms with E-state index in [4.69, 9.17) is 16.3 Å². The molecule has 0 amide bonds. The highest BCUT2D eigenvalue weighted by Gasteiger charge is 2.22. The van der Waals surface area contributed by atoms with E-state index >= 15 is 0 Å². The first-order chi connectivity index (χ1) is 5.66. The Bertz CT molecular complexity index is 314. The zero-order valence-corrected chi connectivity index (χ0v) is 7.13. The number of nitrogens with zero attached hydrogens (tertiary/aromatic N) is 1. The van der Waals surface area contributed by atoms with Crippen molar-refractivity contribution >= 4 is 5.69 Å². The molecule has 0 radical (unpaired) electrons. The molecule has 0 spiro atoms. The van der Waals surface area contributed by atoms with Crippen molar-refractivity contribution in [3.63, 3.8) is 0 Å². The molecule has 5 heteroatoms. The lowest BCUT2D eigenvalue weighted by molar-refractivity contribution is -0.403. The number of ether oxygens (including phenoxy) is 1. The lowest BCUT2D eigenvalue weighted by Crippen LogP contribution is -1.93. The summed E-state index contributed by atoms with van der Waals surface area (Å²) in [7, 11) is 1.43. The van der Waals surface area contributed by atoms with E-state index in [0.29, 0.717) is 5.75 Å². The smallest absolute Gasteiger partial charge is 0.343 e. The van der Waals surface area contributed by atoms with Gasteiger partial charge in [-0.25, -0.2) is 0 Å². The minimum Gasteiger partial charge on any atom is -0.491 e. The molecule has 0 unspecified atom stereocenters. The van der Waals surface area contributed by atoms with Crippen LogP contribution in [0.3, 0.4) is 0 Å². The highest BCUT2D eigenvalue weighted by atomic mass is 35.5. The van der Waals surface area contributed by atoms with Crippen molar-refractivity contribution in [3.05, 3.63) is 33.3 Å². The van der Waals surface area contributed by atoms with Gasteiger partial charge in [0.25, 0.3) is 0 Å². The van der Waals surface area contributed by atoms with E-state index in [1.54, 1.807) is 6.07 Å². The number of nitro benzene ring substituents is 1. The maximum absolute atomic E-state index is 10.4. The van der Waals surface area contributed by atoms with E-state index in [1.807, 2.05) is 0 Å². The van der Waals surface area contributed by atoms with Gasteiger partial charge in [-0.15, -0.1) is 0 Å². The van der Waals surface area contributed by atoms with E-state index in [9.17, 15) is 10.1 Å². The number of halogens is 1. The van der Waals surface area contributed by atoms with Crippen LogP contribution >= 0.6 is 0 Å². The van der Waals surface area contributed by atoms with Gasteiger partial charge in [0.1, 0.15) is 0 Å². The van der Waals surface area contributed by atoms with Crippen LogP contribution in [0.25, 0.3) is 0 Å². The van der Waals surface area contributed by atoms with Crippen molar-refractivity contribution in [3.8, 4) is 5.75 Å². The predicted molar refractivity (Wildman–Crippen MR) is 40.2 cm³/mol. The SMILES string of the molecule is COc1cccc([N+](=O)[O-])c1[ClH+]. The summed E-state index contributed by atoms with van der Waals surface area (Å²) in [6.07, 6.45) is 0. The number of hydrogen-bond acceptors (Lipinski definition) is 3. The van der Waals surface area contributed by atoms with Crippen LogP contribution in [0.5, 0.6) is 5.75 Å². The second kappa shape index (κ2) is 3.40. The molecule has 0 bridgehead atoms. The average Bonchev–Trinajstić information content (AvgIpc) is 2.04. The van der Waals surface area contributed by atoms with Crippen LogP contribution in [0.4, 0.5) is 5.69 Å². The van der Waals surface area contributed by atoms with E-state index in [2.05, 4.69) is 0 Å². The second-order valence-electron chi connectivity index (χ2n) is 2.07. The van der Waals surface area contributed by atoms with E-state index < -0.39 is 4.92 Å². The zero-order chi connectivity index (χ0) is 9.14. The topological polar surface area (TPSA) is 52.4 Å². The summed E-state index contributed by atoms with van der Waals surface area (Å²) >= 11 is 4.80. The Labute approximate surface area is 73.9 Å². The molecule has 4 nitrogen and oxygen atoms in total. The van der Waals surface area contributed by atoms with Crippen LogP contribution in [0, 0.1) is 21.7 Å². The molecule has 0 aliphatic carbocycles. The molecule has 12 heavy (non-hydrogen) atoms. The summed E-state index contributed by atoms with van der Waals surface area (Å²) in [4.78, 5) is 9.85. The first-order valence-corrected chi connectivity index (χ1v) is 3.56. The lowest BCUT2D eigenvalue weighted by atomic mass is 10.3. The highest BCUT2D eigenvalue weighted by Crippen LogP contribution is 2.28. The van der Waals surface area contributed by atoms with Gasteiger partial charge in [0.2, 0.25) is 0 Å². The molecule has 0 saturated heterocycles. The molecule has 0 aliphatic heterocycles. The Hall–Kier alpha value is -1.29. The molecule has 0 heterocycles. The molecule has 0 N–H and O–H groups in total. The Morgan fingerprint density at radius 2 is 2.25 bits per heavy atom. The Kier molecular flexibility index (Phi) is 2.50. The van der Waals surface area contributed by atoms with Gasteiger partial charge in [0.05, 0.1) is 12.0 Å². The molecule has 64 valence electrons. The van der Waals surface area contributed by atoms with Gasteiger partial charge in [-0.05, 0) is 6.07 Å². The maximum atomic E-state index is 10.4. The average molecular weight is 189 g/mol. The summed E-state index contributed by atoms with van der Waals surface area (Å²) in [5.41, 5.74) is -0.0932. The molecule has 1 aromatic rings. The lowest BCUT2D eigenvalue weighted by Gasteiger charge is -1.96. The monoisotopic (exact) mass is 188 g/mol. The Balaban J connectivity index is 3.23. The van der Waals surface area contributed by atoms with E-state index in [0.717, 1.165) is 0 Å². The minimum atomic E-state index is -0.523. The number of benzene rings is 1. The van der Waals surface area contributed by atoms with Crippen molar-refractivity contribution in [1.82, 2.24) is 0 Å². The molecule has 1 rings (SSSR count). The summed E-state index contributed by atoms with van der Waals surface area (Å²) in [6, 6.07) is 4.48. The van der Waals surface area contributed by atoms with Crippen LogP contribution in [-0.4, -0.2) is 12.0 Å². The van der Waals surface area contributed by atoms with Crippen molar-refractivity contribution < 1.29 is 21.3 Å². The summed E-state index contributed by atoms with van der Waals surface area (Å²) in [6.45, 7) is 0. The maximum Gasteiger partial charge on any atom is 0.343 e. The third-order valence-corrected chi connectivity index (χ3v) is 1.79. The van der Waals surface area contributed by atoms with Gasteiger partial charge in [0, 0.05) is 6.07 Å². The summed E-state index contributed by atoms with van der Waals surface area (Å²) in [5, 5.41) is 10.5. The number of nitro groups is 1. The molecular weight excluding hydrogens is 182 g/mol. The van der Waals surface area contributed by atoms with Gasteiger partial charge in [0.15, 0.2) is 17.4 Å². The van der Waals surface area contributed by atoms with Crippen LogP contribution < -0.4 is 4.74 Å². The minimum absolute atomic E-state index is 0.0932. The Morgan fingerprint density at radius 1 is 1.58 bits per heavy atom. The first-order valence-electron chi connectivity index (χ1n) is 3.15. The molecular formula is C7H7ClNO3+. The van der Waals surface area contributed by atoms with E-state index in [-0.39, 0.29) is 10.7 Å². The number of rotatable bonds is 2. The van der Waals surface area contributed by atoms with Crippen LogP contribution in [0.15, 0.2) is 18.2 Å². The van der Waals surface area contributed by atoms with Crippen molar-refractivity contribution in [2.24, 2.45) is 0 Å². The number of methoxy groups -OCH3 is 1. The molecule has 0 fully saturated rings. The third kappa shape index (κ3) is 1.48. The fraction of sp³-hybridized carbons (Fsp3) is 0.143. The summed E-state index contributed by atoms with van der Waals surface area (Å²) in [5.74, 6) is 0.360. The van der Waals surface area contributed by atoms with Crippen LogP contribution in [0.1, 0.15) is 0 Å². The highest BCUT2D eigenvalue weighted by molar-refractivity contribution is 5.45. The van der Waals surface area contributed by atoms with Crippen molar-refractivity contribution in [1.29, 1.82) is 0 Å². The molecule has 0 saturated carbocycles. The first kappa shape index (κ1) is 8.80. The number of hydrogen-bond donors (Lipinski definition) is 0.